The summed E-state index contributed by atoms with van der Waals surface area (Å²) in [5.74, 6) is -0.711. The minimum Gasteiger partial charge on any atom is -0.488 e. The number of benzene rings is 2. The van der Waals surface area contributed by atoms with Crippen molar-refractivity contribution >= 4 is 41.3 Å². The van der Waals surface area contributed by atoms with Crippen molar-refractivity contribution in [1.29, 1.82) is 0 Å². The number of hydrogen-bond acceptors (Lipinski definition) is 12. The van der Waals surface area contributed by atoms with Crippen molar-refractivity contribution in [2.45, 2.75) is 20.8 Å². The molecular weight excluding hydrogens is 522 g/mol. The van der Waals surface area contributed by atoms with E-state index in [1.165, 1.54) is 9.80 Å². The SMILES string of the molecule is CCOC(=O)CN(CC=O)c1ccc(N)cc1OCCOc1ccccc1N(CC(=O)OCC)CC(=O)OCC. The number of nitrogen functional groups attached to an aromatic ring is 1. The summed E-state index contributed by atoms with van der Waals surface area (Å²) in [4.78, 5) is 50.8. The van der Waals surface area contributed by atoms with E-state index in [0.717, 1.165) is 0 Å². The van der Waals surface area contributed by atoms with Gasteiger partial charge in [-0.25, -0.2) is 0 Å². The van der Waals surface area contributed by atoms with Crippen LogP contribution in [0.2, 0.25) is 0 Å². The Bertz CT molecular complexity index is 1110. The molecule has 0 fully saturated rings. The lowest BCUT2D eigenvalue weighted by molar-refractivity contribution is -0.143. The topological polar surface area (TPSA) is 147 Å². The second-order valence-electron chi connectivity index (χ2n) is 8.21. The molecule has 0 saturated carbocycles. The maximum Gasteiger partial charge on any atom is 0.325 e. The molecule has 0 atom stereocenters. The van der Waals surface area contributed by atoms with Gasteiger partial charge in [-0.3, -0.25) is 14.4 Å². The third-order valence-corrected chi connectivity index (χ3v) is 5.30. The zero-order valence-corrected chi connectivity index (χ0v) is 23.1. The highest BCUT2D eigenvalue weighted by Gasteiger charge is 2.21. The van der Waals surface area contributed by atoms with E-state index < -0.39 is 17.9 Å². The number of rotatable bonds is 18. The van der Waals surface area contributed by atoms with Gasteiger partial charge in [-0.05, 0) is 45.0 Å². The fourth-order valence-electron chi connectivity index (χ4n) is 3.70. The summed E-state index contributed by atoms with van der Waals surface area (Å²) in [7, 11) is 0. The van der Waals surface area contributed by atoms with E-state index in [4.69, 9.17) is 29.4 Å². The zero-order valence-electron chi connectivity index (χ0n) is 23.1. The standard InChI is InChI=1S/C28H37N3O9/c1-4-36-26(33)18-30(13-14-32)23-12-11-21(29)17-25(23)40-16-15-39-24-10-8-7-9-22(24)31(19-27(34)37-5-2)20-28(35)38-6-3/h7-12,14,17H,4-6,13,15-16,18-20,29H2,1-3H3. The van der Waals surface area contributed by atoms with Gasteiger partial charge in [0.25, 0.3) is 0 Å². The first-order valence-corrected chi connectivity index (χ1v) is 13.0. The highest BCUT2D eigenvalue weighted by molar-refractivity contribution is 5.83. The molecule has 0 radical (unpaired) electrons. The molecule has 0 aliphatic heterocycles. The van der Waals surface area contributed by atoms with Crippen LogP contribution in [0.4, 0.5) is 17.1 Å². The maximum absolute atomic E-state index is 12.2. The van der Waals surface area contributed by atoms with Gasteiger partial charge in [0.15, 0.2) is 0 Å². The van der Waals surface area contributed by atoms with Gasteiger partial charge < -0.3 is 44.0 Å². The fraction of sp³-hybridized carbons (Fsp3) is 0.429. The van der Waals surface area contributed by atoms with Crippen LogP contribution >= 0.6 is 0 Å². The lowest BCUT2D eigenvalue weighted by Crippen LogP contribution is -2.36. The largest absolute Gasteiger partial charge is 0.488 e. The minimum absolute atomic E-state index is 0.0558. The van der Waals surface area contributed by atoms with Gasteiger partial charge in [-0.15, -0.1) is 0 Å². The Balaban J connectivity index is 2.16. The number of nitrogens with zero attached hydrogens (tertiary/aromatic N) is 2. The van der Waals surface area contributed by atoms with Crippen molar-refractivity contribution in [2.24, 2.45) is 0 Å². The molecule has 0 unspecified atom stereocenters. The highest BCUT2D eigenvalue weighted by Crippen LogP contribution is 2.31. The van der Waals surface area contributed by atoms with Gasteiger partial charge in [-0.1, -0.05) is 12.1 Å². The molecule has 0 saturated heterocycles. The number of esters is 3. The van der Waals surface area contributed by atoms with Crippen LogP contribution in [0, 0.1) is 0 Å². The molecule has 0 amide bonds. The average Bonchev–Trinajstić information content (AvgIpc) is 2.91. The van der Waals surface area contributed by atoms with Crippen LogP contribution in [0.25, 0.3) is 0 Å². The first-order chi connectivity index (χ1) is 19.3. The van der Waals surface area contributed by atoms with Crippen molar-refractivity contribution < 1.29 is 42.9 Å². The van der Waals surface area contributed by atoms with Gasteiger partial charge in [0, 0.05) is 11.8 Å². The highest BCUT2D eigenvalue weighted by atomic mass is 16.5. The van der Waals surface area contributed by atoms with Crippen LogP contribution in [0.1, 0.15) is 20.8 Å². The molecule has 2 rings (SSSR count). The Morgan fingerprint density at radius 3 is 1.77 bits per heavy atom. The van der Waals surface area contributed by atoms with Crippen LogP contribution < -0.4 is 25.0 Å². The summed E-state index contributed by atoms with van der Waals surface area (Å²) in [5, 5.41) is 0. The first-order valence-electron chi connectivity index (χ1n) is 13.0. The Hall–Kier alpha value is -4.48. The summed E-state index contributed by atoms with van der Waals surface area (Å²) < 4.78 is 27.0. The van der Waals surface area contributed by atoms with E-state index in [1.54, 1.807) is 63.2 Å². The van der Waals surface area contributed by atoms with E-state index in [0.29, 0.717) is 34.8 Å². The molecule has 12 nitrogen and oxygen atoms in total. The smallest absolute Gasteiger partial charge is 0.325 e. The van der Waals surface area contributed by atoms with Gasteiger partial charge in [0.05, 0.1) is 37.7 Å². The number of hydrogen-bond donors (Lipinski definition) is 1. The number of ether oxygens (including phenoxy) is 5. The third-order valence-electron chi connectivity index (χ3n) is 5.30. The van der Waals surface area contributed by atoms with Crippen molar-refractivity contribution in [1.82, 2.24) is 0 Å². The summed E-state index contributed by atoms with van der Waals surface area (Å²) >= 11 is 0. The number of carbonyl (C=O) groups is 4. The summed E-state index contributed by atoms with van der Waals surface area (Å²) in [6.07, 6.45) is 0.678. The molecule has 2 aromatic carbocycles. The minimum atomic E-state index is -0.498. The third kappa shape index (κ3) is 10.4. The average molecular weight is 560 g/mol. The molecule has 0 heterocycles. The van der Waals surface area contributed by atoms with Crippen molar-refractivity contribution in [3.63, 3.8) is 0 Å². The quantitative estimate of drug-likeness (QED) is 0.0939. The number of para-hydroxylation sites is 2. The van der Waals surface area contributed by atoms with Crippen LogP contribution in [0.15, 0.2) is 42.5 Å². The summed E-state index contributed by atoms with van der Waals surface area (Å²) in [6.45, 7) is 5.34. The Morgan fingerprint density at radius 2 is 1.23 bits per heavy atom. The van der Waals surface area contributed by atoms with E-state index in [-0.39, 0.29) is 59.2 Å². The molecule has 218 valence electrons. The van der Waals surface area contributed by atoms with Gasteiger partial charge >= 0.3 is 17.9 Å². The van der Waals surface area contributed by atoms with Crippen molar-refractivity contribution in [2.75, 3.05) is 74.7 Å². The number of carbonyl (C=O) groups excluding carboxylic acids is 4. The fourth-order valence-corrected chi connectivity index (χ4v) is 3.70. The lowest BCUT2D eigenvalue weighted by Gasteiger charge is -2.25. The molecule has 2 N–H and O–H groups in total. The number of aldehydes is 1. The first kappa shape index (κ1) is 31.7. The van der Waals surface area contributed by atoms with Gasteiger partial charge in [-0.2, -0.15) is 0 Å². The lowest BCUT2D eigenvalue weighted by atomic mass is 10.2. The molecular formula is C28H37N3O9. The number of nitrogens with two attached hydrogens (primary N) is 1. The number of anilines is 3. The Kier molecular flexibility index (Phi) is 13.6. The molecule has 40 heavy (non-hydrogen) atoms. The summed E-state index contributed by atoms with van der Waals surface area (Å²) in [5.41, 5.74) is 7.37. The van der Waals surface area contributed by atoms with Crippen LogP contribution in [0.5, 0.6) is 11.5 Å². The van der Waals surface area contributed by atoms with Crippen LogP contribution in [-0.2, 0) is 33.4 Å². The van der Waals surface area contributed by atoms with Gasteiger partial charge in [0.2, 0.25) is 0 Å². The van der Waals surface area contributed by atoms with Crippen LogP contribution in [-0.4, -0.2) is 83.4 Å². The second-order valence-corrected chi connectivity index (χ2v) is 8.21. The predicted molar refractivity (Wildman–Crippen MR) is 149 cm³/mol. The Labute approximate surface area is 233 Å². The van der Waals surface area contributed by atoms with E-state index in [2.05, 4.69) is 0 Å². The molecule has 12 heteroatoms. The Morgan fingerprint density at radius 1 is 0.725 bits per heavy atom. The van der Waals surface area contributed by atoms with E-state index in [1.807, 2.05) is 0 Å². The van der Waals surface area contributed by atoms with E-state index >= 15 is 0 Å². The molecule has 0 aromatic heterocycles. The molecule has 0 aliphatic carbocycles. The van der Waals surface area contributed by atoms with Gasteiger partial charge in [0.1, 0.15) is 50.6 Å². The molecule has 0 spiro atoms. The molecule has 0 aliphatic rings. The van der Waals surface area contributed by atoms with Crippen LogP contribution in [0.3, 0.4) is 0 Å². The molecule has 0 bridgehead atoms. The molecule has 2 aromatic rings. The van der Waals surface area contributed by atoms with Crippen molar-refractivity contribution in [3.8, 4) is 11.5 Å². The summed E-state index contributed by atoms with van der Waals surface area (Å²) in [6, 6.07) is 11.8. The predicted octanol–water partition coefficient (Wildman–Crippen LogP) is 2.23. The normalized spacial score (nSPS) is 10.3. The van der Waals surface area contributed by atoms with E-state index in [9.17, 15) is 19.2 Å². The second kappa shape index (κ2) is 17.2. The monoisotopic (exact) mass is 559 g/mol. The zero-order chi connectivity index (χ0) is 29.3. The maximum atomic E-state index is 12.2. The van der Waals surface area contributed by atoms with Crippen molar-refractivity contribution in [3.05, 3.63) is 42.5 Å².